The average Bonchev–Trinajstić information content (AvgIpc) is 2.44. The summed E-state index contributed by atoms with van der Waals surface area (Å²) in [5.41, 5.74) is 0.271. The van der Waals surface area contributed by atoms with Crippen LogP contribution in [0.25, 0.3) is 0 Å². The molecule has 0 radical (unpaired) electrons. The molecule has 1 N–H and O–H groups in total. The van der Waals surface area contributed by atoms with Crippen LogP contribution < -0.4 is 0 Å². The lowest BCUT2D eigenvalue weighted by Gasteiger charge is -2.09. The minimum absolute atomic E-state index is 0.0712. The van der Waals surface area contributed by atoms with E-state index < -0.39 is 11.8 Å². The van der Waals surface area contributed by atoms with Gasteiger partial charge in [-0.1, -0.05) is 27.7 Å². The number of halogens is 3. The molecule has 2 rings (SSSR count). The fourth-order valence-corrected chi connectivity index (χ4v) is 3.67. The highest BCUT2D eigenvalue weighted by Gasteiger charge is 2.16. The van der Waals surface area contributed by atoms with E-state index in [1.54, 1.807) is 12.1 Å². The van der Waals surface area contributed by atoms with Gasteiger partial charge >= 0.3 is 5.97 Å². The Hall–Kier alpha value is -1.36. The van der Waals surface area contributed by atoms with Crippen molar-refractivity contribution < 1.29 is 14.3 Å². The predicted molar refractivity (Wildman–Crippen MR) is 84.0 cm³/mol. The van der Waals surface area contributed by atoms with E-state index in [1.807, 2.05) is 6.07 Å². The molecular weight excluding hydrogens is 425 g/mol. The monoisotopic (exact) mass is 429 g/mol. The Morgan fingerprint density at radius 3 is 2.57 bits per heavy atom. The molecule has 21 heavy (non-hydrogen) atoms. The van der Waals surface area contributed by atoms with Crippen LogP contribution in [0.4, 0.5) is 4.39 Å². The Kier molecular flexibility index (Phi) is 5.04. The molecule has 2 aromatic carbocycles. The van der Waals surface area contributed by atoms with E-state index in [9.17, 15) is 9.18 Å². The number of carboxylic acid groups (broad SMARTS) is 1. The van der Waals surface area contributed by atoms with Gasteiger partial charge in [-0.3, -0.25) is 0 Å². The molecule has 0 aromatic heterocycles. The van der Waals surface area contributed by atoms with Gasteiger partial charge in [0.2, 0.25) is 0 Å². The third kappa shape index (κ3) is 3.46. The lowest BCUT2D eigenvalue weighted by atomic mass is 10.2. The Bertz CT molecular complexity index is 774. The molecule has 3 nitrogen and oxygen atoms in total. The van der Waals surface area contributed by atoms with Crippen molar-refractivity contribution >= 4 is 49.6 Å². The Balaban J connectivity index is 2.49. The first-order chi connectivity index (χ1) is 9.93. The Labute approximate surface area is 141 Å². The number of benzene rings is 2. The third-order valence-electron chi connectivity index (χ3n) is 2.56. The molecule has 0 aliphatic heterocycles. The molecule has 0 aliphatic rings. The quantitative estimate of drug-likeness (QED) is 0.738. The topological polar surface area (TPSA) is 61.1 Å². The number of carbonyl (C=O) groups is 1. The van der Waals surface area contributed by atoms with Gasteiger partial charge in [-0.05, 0) is 46.3 Å². The Morgan fingerprint density at radius 2 is 1.95 bits per heavy atom. The second-order valence-electron chi connectivity index (χ2n) is 3.90. The molecule has 0 unspecified atom stereocenters. The fraction of sp³-hybridized carbons (Fsp3) is 0. The minimum Gasteiger partial charge on any atom is -0.478 e. The maximum absolute atomic E-state index is 14.2. The van der Waals surface area contributed by atoms with Gasteiger partial charge in [-0.25, -0.2) is 9.18 Å². The molecule has 0 aliphatic carbocycles. The van der Waals surface area contributed by atoms with Gasteiger partial charge in [0, 0.05) is 14.3 Å². The van der Waals surface area contributed by atoms with Gasteiger partial charge in [0.25, 0.3) is 0 Å². The van der Waals surface area contributed by atoms with Gasteiger partial charge in [-0.2, -0.15) is 5.26 Å². The van der Waals surface area contributed by atoms with Crippen LogP contribution in [0.2, 0.25) is 0 Å². The van der Waals surface area contributed by atoms with Crippen LogP contribution in [0.15, 0.2) is 49.1 Å². The van der Waals surface area contributed by atoms with E-state index in [4.69, 9.17) is 10.4 Å². The molecule has 0 saturated carbocycles. The first-order valence-electron chi connectivity index (χ1n) is 5.53. The van der Waals surface area contributed by atoms with Gasteiger partial charge in [0.05, 0.1) is 15.6 Å². The van der Waals surface area contributed by atoms with E-state index in [2.05, 4.69) is 31.9 Å². The Morgan fingerprint density at radius 1 is 1.24 bits per heavy atom. The maximum atomic E-state index is 14.2. The summed E-state index contributed by atoms with van der Waals surface area (Å²) in [7, 11) is 0. The van der Waals surface area contributed by atoms with Gasteiger partial charge in [0.1, 0.15) is 6.07 Å². The number of hydrogen-bond acceptors (Lipinski definition) is 3. The van der Waals surface area contributed by atoms with Gasteiger partial charge < -0.3 is 5.11 Å². The van der Waals surface area contributed by atoms with Crippen molar-refractivity contribution in [3.05, 3.63) is 56.2 Å². The number of aromatic carboxylic acids is 1. The fourth-order valence-electron chi connectivity index (χ4n) is 1.57. The SMILES string of the molecule is N#Cc1ccc(Sc2cc(Br)ccc2C(=O)O)c(F)c1Br. The zero-order valence-electron chi connectivity index (χ0n) is 10.2. The van der Waals surface area contributed by atoms with Crippen LogP contribution in [0.1, 0.15) is 15.9 Å². The molecule has 7 heteroatoms. The highest BCUT2D eigenvalue weighted by atomic mass is 79.9. The zero-order chi connectivity index (χ0) is 15.6. The van der Waals surface area contributed by atoms with Gasteiger partial charge in [0.15, 0.2) is 5.82 Å². The number of rotatable bonds is 3. The summed E-state index contributed by atoms with van der Waals surface area (Å²) >= 11 is 7.28. The largest absolute Gasteiger partial charge is 0.478 e. The summed E-state index contributed by atoms with van der Waals surface area (Å²) < 4.78 is 15.0. The molecule has 0 heterocycles. The normalized spacial score (nSPS) is 10.2. The number of nitrogens with zero attached hydrogens (tertiary/aromatic N) is 1. The summed E-state index contributed by atoms with van der Waals surface area (Å²) in [4.78, 5) is 11.8. The first kappa shape index (κ1) is 16.0. The highest BCUT2D eigenvalue weighted by molar-refractivity contribution is 9.10. The molecule has 0 amide bonds. The van der Waals surface area contributed by atoms with Crippen molar-refractivity contribution in [2.75, 3.05) is 0 Å². The second kappa shape index (κ2) is 6.60. The summed E-state index contributed by atoms with van der Waals surface area (Å²) in [6.45, 7) is 0. The van der Waals surface area contributed by atoms with E-state index in [0.29, 0.717) is 9.37 Å². The van der Waals surface area contributed by atoms with Crippen molar-refractivity contribution in [1.82, 2.24) is 0 Å². The molecule has 0 spiro atoms. The average molecular weight is 431 g/mol. The van der Waals surface area contributed by atoms with Crippen LogP contribution in [-0.2, 0) is 0 Å². The van der Waals surface area contributed by atoms with Crippen LogP contribution >= 0.6 is 43.6 Å². The summed E-state index contributed by atoms with van der Waals surface area (Å²) in [6, 6.07) is 9.47. The maximum Gasteiger partial charge on any atom is 0.336 e. The van der Waals surface area contributed by atoms with Gasteiger partial charge in [-0.15, -0.1) is 0 Å². The lowest BCUT2D eigenvalue weighted by Crippen LogP contribution is -1.99. The number of hydrogen-bond donors (Lipinski definition) is 1. The molecule has 0 bridgehead atoms. The second-order valence-corrected chi connectivity index (χ2v) is 6.69. The van der Waals surface area contributed by atoms with Crippen LogP contribution in [0.5, 0.6) is 0 Å². The first-order valence-corrected chi connectivity index (χ1v) is 7.93. The van der Waals surface area contributed by atoms with Crippen molar-refractivity contribution in [1.29, 1.82) is 5.26 Å². The summed E-state index contributed by atoms with van der Waals surface area (Å²) in [5.74, 6) is -1.67. The molecule has 0 fully saturated rings. The molecule has 2 aromatic rings. The van der Waals surface area contributed by atoms with E-state index in [-0.39, 0.29) is 20.5 Å². The minimum atomic E-state index is -1.09. The van der Waals surface area contributed by atoms with Crippen molar-refractivity contribution in [3.63, 3.8) is 0 Å². The van der Waals surface area contributed by atoms with E-state index in [1.165, 1.54) is 18.2 Å². The highest BCUT2D eigenvalue weighted by Crippen LogP contribution is 2.37. The molecular formula is C14H6Br2FNO2S. The lowest BCUT2D eigenvalue weighted by molar-refractivity contribution is 0.0693. The third-order valence-corrected chi connectivity index (χ3v) is 4.92. The zero-order valence-corrected chi connectivity index (χ0v) is 14.2. The standard InChI is InChI=1S/C14H6Br2FNO2S/c15-8-2-3-9(14(19)20)11(5-8)21-10-4-1-7(6-18)12(16)13(10)17/h1-5H,(H,19,20). The molecule has 0 saturated heterocycles. The van der Waals surface area contributed by atoms with Crippen molar-refractivity contribution in [2.45, 2.75) is 9.79 Å². The van der Waals surface area contributed by atoms with Crippen molar-refractivity contribution in [2.24, 2.45) is 0 Å². The van der Waals surface area contributed by atoms with Crippen molar-refractivity contribution in [3.8, 4) is 6.07 Å². The summed E-state index contributed by atoms with van der Waals surface area (Å²) in [5, 5.41) is 18.0. The summed E-state index contributed by atoms with van der Waals surface area (Å²) in [6.07, 6.45) is 0. The number of nitriles is 1. The van der Waals surface area contributed by atoms with Crippen LogP contribution in [0, 0.1) is 17.1 Å². The molecule has 106 valence electrons. The number of carboxylic acids is 1. The molecule has 0 atom stereocenters. The van der Waals surface area contributed by atoms with E-state index in [0.717, 1.165) is 11.8 Å². The van der Waals surface area contributed by atoms with Crippen LogP contribution in [0.3, 0.4) is 0 Å². The predicted octanol–water partition coefficient (Wildman–Crippen LogP) is 5.07. The van der Waals surface area contributed by atoms with E-state index >= 15 is 0 Å². The van der Waals surface area contributed by atoms with Crippen LogP contribution in [-0.4, -0.2) is 11.1 Å². The smallest absolute Gasteiger partial charge is 0.336 e.